The van der Waals surface area contributed by atoms with Gasteiger partial charge in [-0.05, 0) is 12.1 Å². The summed E-state index contributed by atoms with van der Waals surface area (Å²) in [6, 6.07) is 4.43. The summed E-state index contributed by atoms with van der Waals surface area (Å²) in [5, 5.41) is 2.49. The van der Waals surface area contributed by atoms with Gasteiger partial charge in [-0.1, -0.05) is 23.7 Å². The van der Waals surface area contributed by atoms with E-state index in [1.165, 1.54) is 12.1 Å². The predicted octanol–water partition coefficient (Wildman–Crippen LogP) is 2.64. The van der Waals surface area contributed by atoms with Gasteiger partial charge in [-0.3, -0.25) is 0 Å². The molecular formula is C9H10ClF3N2. The Bertz CT molecular complexity index is 327. The topological polar surface area (TPSA) is 38.0 Å². The molecule has 6 heteroatoms. The number of nitrogens with one attached hydrogen (secondary N) is 1. The van der Waals surface area contributed by atoms with Crippen LogP contribution in [0.4, 0.5) is 18.9 Å². The third kappa shape index (κ3) is 3.28. The summed E-state index contributed by atoms with van der Waals surface area (Å²) < 4.78 is 37.1. The first-order valence-corrected chi connectivity index (χ1v) is 4.61. The maximum Gasteiger partial charge on any atom is 0.409 e. The quantitative estimate of drug-likeness (QED) is 0.850. The van der Waals surface area contributed by atoms with E-state index in [2.05, 4.69) is 5.32 Å². The molecule has 1 atom stereocenters. The molecular weight excluding hydrogens is 229 g/mol. The molecule has 2 nitrogen and oxygen atoms in total. The number of para-hydroxylation sites is 1. The van der Waals surface area contributed by atoms with Crippen LogP contribution < -0.4 is 11.1 Å². The first-order valence-electron chi connectivity index (χ1n) is 4.23. The number of hydrogen-bond donors (Lipinski definition) is 2. The molecule has 3 N–H and O–H groups in total. The molecule has 0 aliphatic carbocycles. The molecule has 0 aromatic heterocycles. The summed E-state index contributed by atoms with van der Waals surface area (Å²) in [5.74, 6) is 0. The maximum absolute atomic E-state index is 12.4. The summed E-state index contributed by atoms with van der Waals surface area (Å²) in [6.07, 6.45) is -4.38. The minimum Gasteiger partial charge on any atom is -0.372 e. The zero-order valence-corrected chi connectivity index (χ0v) is 8.44. The van der Waals surface area contributed by atoms with Crippen LogP contribution in [0.5, 0.6) is 0 Å². The lowest BCUT2D eigenvalue weighted by atomic mass is 10.2. The van der Waals surface area contributed by atoms with Crippen LogP contribution >= 0.6 is 11.6 Å². The van der Waals surface area contributed by atoms with Gasteiger partial charge in [0.2, 0.25) is 0 Å². The lowest BCUT2D eigenvalue weighted by molar-refractivity contribution is -0.140. The van der Waals surface area contributed by atoms with Gasteiger partial charge in [-0.15, -0.1) is 0 Å². The van der Waals surface area contributed by atoms with Crippen LogP contribution in [0.2, 0.25) is 5.02 Å². The standard InChI is InChI=1S/C9H10ClF3N2/c10-6-3-1-2-4-7(6)15-8(5-14)9(11,12)13/h1-4,8,15H,5,14H2. The molecule has 0 fully saturated rings. The highest BCUT2D eigenvalue weighted by Gasteiger charge is 2.38. The minimum absolute atomic E-state index is 0.229. The second kappa shape index (κ2) is 4.72. The van der Waals surface area contributed by atoms with Crippen molar-refractivity contribution in [3.8, 4) is 0 Å². The maximum atomic E-state index is 12.4. The van der Waals surface area contributed by atoms with Crippen LogP contribution in [0, 0.1) is 0 Å². The van der Waals surface area contributed by atoms with Crippen molar-refractivity contribution in [1.82, 2.24) is 0 Å². The third-order valence-electron chi connectivity index (χ3n) is 1.83. The van der Waals surface area contributed by atoms with E-state index < -0.39 is 18.8 Å². The fourth-order valence-electron chi connectivity index (χ4n) is 1.04. The highest BCUT2D eigenvalue weighted by Crippen LogP contribution is 2.26. The van der Waals surface area contributed by atoms with Gasteiger partial charge in [-0.2, -0.15) is 13.2 Å². The number of anilines is 1. The van der Waals surface area contributed by atoms with Gasteiger partial charge in [0.05, 0.1) is 10.7 Å². The van der Waals surface area contributed by atoms with Gasteiger partial charge in [0, 0.05) is 6.54 Å². The van der Waals surface area contributed by atoms with Crippen LogP contribution in [-0.2, 0) is 0 Å². The molecule has 84 valence electrons. The largest absolute Gasteiger partial charge is 0.409 e. The van der Waals surface area contributed by atoms with Crippen LogP contribution in [0.3, 0.4) is 0 Å². The van der Waals surface area contributed by atoms with E-state index in [0.29, 0.717) is 0 Å². The first-order chi connectivity index (χ1) is 6.95. The molecule has 1 aromatic carbocycles. The SMILES string of the molecule is NCC(Nc1ccccc1Cl)C(F)(F)F. The average molecular weight is 239 g/mol. The Labute approximate surface area is 90.2 Å². The Balaban J connectivity index is 2.80. The summed E-state index contributed by atoms with van der Waals surface area (Å²) >= 11 is 5.70. The Morgan fingerprint density at radius 3 is 2.40 bits per heavy atom. The fourth-order valence-corrected chi connectivity index (χ4v) is 1.23. The van der Waals surface area contributed by atoms with Crippen LogP contribution in [0.15, 0.2) is 24.3 Å². The zero-order valence-electron chi connectivity index (χ0n) is 7.68. The van der Waals surface area contributed by atoms with Gasteiger partial charge in [0.15, 0.2) is 0 Å². The van der Waals surface area contributed by atoms with E-state index >= 15 is 0 Å². The van der Waals surface area contributed by atoms with Gasteiger partial charge < -0.3 is 11.1 Å². The molecule has 0 aliphatic heterocycles. The number of rotatable bonds is 3. The molecule has 0 spiro atoms. The van der Waals surface area contributed by atoms with Gasteiger partial charge >= 0.3 is 6.18 Å². The molecule has 0 saturated heterocycles. The van der Waals surface area contributed by atoms with Gasteiger partial charge in [0.25, 0.3) is 0 Å². The fraction of sp³-hybridized carbons (Fsp3) is 0.333. The normalized spacial score (nSPS) is 13.7. The summed E-state index contributed by atoms with van der Waals surface area (Å²) in [7, 11) is 0. The zero-order chi connectivity index (χ0) is 11.5. The van der Waals surface area contributed by atoms with Crippen molar-refractivity contribution >= 4 is 17.3 Å². The number of halogens is 4. The highest BCUT2D eigenvalue weighted by atomic mass is 35.5. The predicted molar refractivity (Wildman–Crippen MR) is 54.0 cm³/mol. The molecule has 0 saturated carbocycles. The molecule has 0 aliphatic rings. The third-order valence-corrected chi connectivity index (χ3v) is 2.16. The van der Waals surface area contributed by atoms with E-state index in [1.54, 1.807) is 12.1 Å². The van der Waals surface area contributed by atoms with Crippen molar-refractivity contribution in [3.63, 3.8) is 0 Å². The summed E-state index contributed by atoms with van der Waals surface area (Å²) in [6.45, 7) is -0.533. The monoisotopic (exact) mass is 238 g/mol. The van der Waals surface area contributed by atoms with Crippen LogP contribution in [0.25, 0.3) is 0 Å². The van der Waals surface area contributed by atoms with E-state index in [1.807, 2.05) is 0 Å². The lowest BCUT2D eigenvalue weighted by Crippen LogP contribution is -2.42. The average Bonchev–Trinajstić information content (AvgIpc) is 2.14. The van der Waals surface area contributed by atoms with Crippen molar-refractivity contribution in [2.75, 3.05) is 11.9 Å². The Morgan fingerprint density at radius 1 is 1.33 bits per heavy atom. The van der Waals surface area contributed by atoms with Crippen molar-refractivity contribution in [2.24, 2.45) is 5.73 Å². The second-order valence-corrected chi connectivity index (χ2v) is 3.36. The molecule has 0 amide bonds. The second-order valence-electron chi connectivity index (χ2n) is 2.95. The molecule has 1 unspecified atom stereocenters. The smallest absolute Gasteiger partial charge is 0.372 e. The number of hydrogen-bond acceptors (Lipinski definition) is 2. The summed E-state index contributed by atoms with van der Waals surface area (Å²) in [5.41, 5.74) is 5.26. The molecule has 1 aromatic rings. The molecule has 0 radical (unpaired) electrons. The van der Waals surface area contributed by atoms with E-state index in [9.17, 15) is 13.2 Å². The van der Waals surface area contributed by atoms with E-state index in [4.69, 9.17) is 17.3 Å². The molecule has 15 heavy (non-hydrogen) atoms. The molecule has 0 bridgehead atoms. The minimum atomic E-state index is -4.38. The van der Waals surface area contributed by atoms with Crippen LogP contribution in [0.1, 0.15) is 0 Å². The van der Waals surface area contributed by atoms with Crippen molar-refractivity contribution in [3.05, 3.63) is 29.3 Å². The van der Waals surface area contributed by atoms with Crippen molar-refractivity contribution in [1.29, 1.82) is 0 Å². The highest BCUT2D eigenvalue weighted by molar-refractivity contribution is 6.33. The van der Waals surface area contributed by atoms with Crippen LogP contribution in [-0.4, -0.2) is 18.8 Å². The van der Waals surface area contributed by atoms with Crippen molar-refractivity contribution in [2.45, 2.75) is 12.2 Å². The number of benzene rings is 1. The Morgan fingerprint density at radius 2 is 1.93 bits per heavy atom. The lowest BCUT2D eigenvalue weighted by Gasteiger charge is -2.21. The van der Waals surface area contributed by atoms with E-state index in [0.717, 1.165) is 0 Å². The first kappa shape index (κ1) is 12.1. The number of nitrogens with two attached hydrogens (primary N) is 1. The number of alkyl halides is 3. The molecule has 0 heterocycles. The van der Waals surface area contributed by atoms with E-state index in [-0.39, 0.29) is 10.7 Å². The Kier molecular flexibility index (Phi) is 3.82. The van der Waals surface area contributed by atoms with Gasteiger partial charge in [0.1, 0.15) is 6.04 Å². The Hall–Kier alpha value is -0.940. The van der Waals surface area contributed by atoms with Crippen molar-refractivity contribution < 1.29 is 13.2 Å². The summed E-state index contributed by atoms with van der Waals surface area (Å²) in [4.78, 5) is 0. The molecule has 1 rings (SSSR count). The van der Waals surface area contributed by atoms with Gasteiger partial charge in [-0.25, -0.2) is 0 Å².